The Balaban J connectivity index is 1.79. The fourth-order valence-electron chi connectivity index (χ4n) is 2.87. The van der Waals surface area contributed by atoms with E-state index in [1.165, 1.54) is 11.3 Å². The minimum Gasteiger partial charge on any atom is -0.314 e. The number of nitrogens with one attached hydrogen (secondary N) is 1. The summed E-state index contributed by atoms with van der Waals surface area (Å²) in [6.07, 6.45) is 0. The van der Waals surface area contributed by atoms with Crippen LogP contribution in [0.15, 0.2) is 24.3 Å². The number of aromatic nitrogens is 2. The molecule has 5 heteroatoms. The number of hydrogen-bond acceptors (Lipinski definition) is 3. The monoisotopic (exact) mass is 318 g/mol. The molecule has 2 heterocycles. The highest BCUT2D eigenvalue weighted by atomic mass is 35.5. The Labute approximate surface area is 137 Å². The van der Waals surface area contributed by atoms with Gasteiger partial charge in [0.05, 0.1) is 12.2 Å². The van der Waals surface area contributed by atoms with Crippen LogP contribution in [0, 0.1) is 13.8 Å². The number of aryl methyl sites for hydroxylation is 1. The summed E-state index contributed by atoms with van der Waals surface area (Å²) in [7, 11) is 2.19. The molecule has 1 aliphatic heterocycles. The molecule has 2 aromatic rings. The van der Waals surface area contributed by atoms with Gasteiger partial charge in [0.15, 0.2) is 0 Å². The molecule has 1 aliphatic rings. The van der Waals surface area contributed by atoms with Crippen molar-refractivity contribution < 1.29 is 0 Å². The van der Waals surface area contributed by atoms with Gasteiger partial charge in [-0.3, -0.25) is 9.58 Å². The summed E-state index contributed by atoms with van der Waals surface area (Å²) in [6, 6.07) is 8.61. The maximum Gasteiger partial charge on any atom is 0.0677 e. The van der Waals surface area contributed by atoms with E-state index in [-0.39, 0.29) is 0 Å². The second kappa shape index (κ2) is 6.41. The van der Waals surface area contributed by atoms with Gasteiger partial charge in [-0.05, 0) is 32.5 Å². The third kappa shape index (κ3) is 3.05. The van der Waals surface area contributed by atoms with Crippen molar-refractivity contribution in [2.75, 3.05) is 20.1 Å². The first-order valence-electron chi connectivity index (χ1n) is 7.73. The Bertz CT molecular complexity index is 661. The molecule has 0 atom stereocenters. The van der Waals surface area contributed by atoms with E-state index in [1.807, 2.05) is 18.2 Å². The molecule has 1 N–H and O–H groups in total. The first kappa shape index (κ1) is 15.5. The van der Waals surface area contributed by atoms with E-state index in [0.29, 0.717) is 6.04 Å². The van der Waals surface area contributed by atoms with Crippen LogP contribution >= 0.6 is 11.6 Å². The van der Waals surface area contributed by atoms with Crippen molar-refractivity contribution in [3.8, 4) is 0 Å². The highest BCUT2D eigenvalue weighted by molar-refractivity contribution is 6.31. The maximum absolute atomic E-state index is 6.27. The SMILES string of the molecule is Cc1nn(Cc2ccccc2Cl)c(C)c1CN(C)C1CNC1. The summed E-state index contributed by atoms with van der Waals surface area (Å²) in [6.45, 7) is 8.09. The van der Waals surface area contributed by atoms with Crippen molar-refractivity contribution >= 4 is 11.6 Å². The molecule has 0 unspecified atom stereocenters. The fraction of sp³-hybridized carbons (Fsp3) is 0.471. The number of rotatable bonds is 5. The highest BCUT2D eigenvalue weighted by Crippen LogP contribution is 2.21. The van der Waals surface area contributed by atoms with E-state index >= 15 is 0 Å². The summed E-state index contributed by atoms with van der Waals surface area (Å²) in [5.74, 6) is 0. The molecule has 0 bridgehead atoms. The Kier molecular flexibility index (Phi) is 4.52. The average Bonchev–Trinajstić information content (AvgIpc) is 2.67. The molecule has 1 fully saturated rings. The van der Waals surface area contributed by atoms with E-state index < -0.39 is 0 Å². The van der Waals surface area contributed by atoms with Crippen LogP contribution in [0.4, 0.5) is 0 Å². The largest absolute Gasteiger partial charge is 0.314 e. The molecule has 0 amide bonds. The second-order valence-corrected chi connectivity index (χ2v) is 6.53. The van der Waals surface area contributed by atoms with Crippen molar-refractivity contribution in [1.82, 2.24) is 20.0 Å². The Hall–Kier alpha value is -1.36. The van der Waals surface area contributed by atoms with Crippen LogP contribution in [-0.4, -0.2) is 40.9 Å². The number of benzene rings is 1. The lowest BCUT2D eigenvalue weighted by Gasteiger charge is -2.35. The molecule has 1 aromatic heterocycles. The Morgan fingerprint density at radius 3 is 2.68 bits per heavy atom. The lowest BCUT2D eigenvalue weighted by Crippen LogP contribution is -2.55. The van der Waals surface area contributed by atoms with Crippen LogP contribution in [0.5, 0.6) is 0 Å². The van der Waals surface area contributed by atoms with Gasteiger partial charge in [-0.15, -0.1) is 0 Å². The van der Waals surface area contributed by atoms with Gasteiger partial charge in [0.2, 0.25) is 0 Å². The molecule has 0 spiro atoms. The van der Waals surface area contributed by atoms with Gasteiger partial charge in [0.25, 0.3) is 0 Å². The first-order valence-corrected chi connectivity index (χ1v) is 8.11. The quantitative estimate of drug-likeness (QED) is 0.920. The molecule has 0 saturated carbocycles. The normalized spacial score (nSPS) is 15.3. The molecular formula is C17H23ClN4. The van der Waals surface area contributed by atoms with Gasteiger partial charge in [-0.1, -0.05) is 29.8 Å². The molecule has 1 saturated heterocycles. The zero-order valence-electron chi connectivity index (χ0n) is 13.4. The van der Waals surface area contributed by atoms with Crippen molar-refractivity contribution in [1.29, 1.82) is 0 Å². The van der Waals surface area contributed by atoms with E-state index in [0.717, 1.165) is 42.5 Å². The van der Waals surface area contributed by atoms with E-state index in [1.54, 1.807) is 0 Å². The number of hydrogen-bond donors (Lipinski definition) is 1. The highest BCUT2D eigenvalue weighted by Gasteiger charge is 2.23. The van der Waals surface area contributed by atoms with Gasteiger partial charge in [0, 0.05) is 42.0 Å². The molecule has 4 nitrogen and oxygen atoms in total. The van der Waals surface area contributed by atoms with Crippen LogP contribution in [0.2, 0.25) is 5.02 Å². The van der Waals surface area contributed by atoms with Crippen LogP contribution in [0.25, 0.3) is 0 Å². The molecule has 118 valence electrons. The summed E-state index contributed by atoms with van der Waals surface area (Å²) < 4.78 is 2.07. The maximum atomic E-state index is 6.27. The molecule has 0 radical (unpaired) electrons. The predicted molar refractivity (Wildman–Crippen MR) is 90.4 cm³/mol. The summed E-state index contributed by atoms with van der Waals surface area (Å²) in [5, 5.41) is 8.84. The zero-order valence-corrected chi connectivity index (χ0v) is 14.2. The zero-order chi connectivity index (χ0) is 15.7. The van der Waals surface area contributed by atoms with E-state index in [4.69, 9.17) is 16.7 Å². The molecule has 1 aromatic carbocycles. The van der Waals surface area contributed by atoms with Crippen molar-refractivity contribution in [2.45, 2.75) is 33.0 Å². The lowest BCUT2D eigenvalue weighted by molar-refractivity contribution is 0.172. The third-order valence-corrected chi connectivity index (χ3v) is 4.97. The van der Waals surface area contributed by atoms with Gasteiger partial charge in [-0.25, -0.2) is 0 Å². The standard InChI is InChI=1S/C17H23ClN4/c1-12-16(11-21(3)15-8-19-9-15)13(2)22(20-12)10-14-6-4-5-7-17(14)18/h4-7,15,19H,8-11H2,1-3H3. The van der Waals surface area contributed by atoms with Crippen molar-refractivity contribution in [3.05, 3.63) is 51.8 Å². The number of likely N-dealkylation sites (N-methyl/N-ethyl adjacent to an activating group) is 1. The van der Waals surface area contributed by atoms with Crippen LogP contribution in [-0.2, 0) is 13.1 Å². The molecule has 3 rings (SSSR count). The summed E-state index contributed by atoms with van der Waals surface area (Å²) >= 11 is 6.27. The van der Waals surface area contributed by atoms with Crippen LogP contribution in [0.3, 0.4) is 0 Å². The average molecular weight is 319 g/mol. The van der Waals surface area contributed by atoms with E-state index in [9.17, 15) is 0 Å². The van der Waals surface area contributed by atoms with Gasteiger partial charge >= 0.3 is 0 Å². The third-order valence-electron chi connectivity index (χ3n) is 4.60. The minimum absolute atomic E-state index is 0.644. The van der Waals surface area contributed by atoms with Gasteiger partial charge in [0.1, 0.15) is 0 Å². The Morgan fingerprint density at radius 2 is 2.05 bits per heavy atom. The Morgan fingerprint density at radius 1 is 1.32 bits per heavy atom. The predicted octanol–water partition coefficient (Wildman–Crippen LogP) is 2.61. The minimum atomic E-state index is 0.644. The fourth-order valence-corrected chi connectivity index (χ4v) is 3.06. The van der Waals surface area contributed by atoms with Crippen LogP contribution < -0.4 is 5.32 Å². The topological polar surface area (TPSA) is 33.1 Å². The summed E-state index contributed by atoms with van der Waals surface area (Å²) in [5.41, 5.74) is 4.79. The smallest absolute Gasteiger partial charge is 0.0677 e. The van der Waals surface area contributed by atoms with E-state index in [2.05, 4.69) is 41.9 Å². The molecular weight excluding hydrogens is 296 g/mol. The summed E-state index contributed by atoms with van der Waals surface area (Å²) in [4.78, 5) is 2.41. The second-order valence-electron chi connectivity index (χ2n) is 6.13. The van der Waals surface area contributed by atoms with Crippen molar-refractivity contribution in [2.24, 2.45) is 0 Å². The van der Waals surface area contributed by atoms with Gasteiger partial charge < -0.3 is 5.32 Å². The van der Waals surface area contributed by atoms with Gasteiger partial charge in [-0.2, -0.15) is 5.10 Å². The lowest BCUT2D eigenvalue weighted by atomic mass is 10.1. The number of halogens is 1. The van der Waals surface area contributed by atoms with Crippen LogP contribution in [0.1, 0.15) is 22.5 Å². The molecule has 22 heavy (non-hydrogen) atoms. The molecule has 0 aliphatic carbocycles. The van der Waals surface area contributed by atoms with Crippen molar-refractivity contribution in [3.63, 3.8) is 0 Å². The number of nitrogens with zero attached hydrogens (tertiary/aromatic N) is 3. The first-order chi connectivity index (χ1) is 10.6.